The van der Waals surface area contributed by atoms with Gasteiger partial charge in [0.15, 0.2) is 5.78 Å². The highest BCUT2D eigenvalue weighted by atomic mass is 35.5. The number of hydrogen-bond donors (Lipinski definition) is 0. The predicted octanol–water partition coefficient (Wildman–Crippen LogP) is 3.81. The molecule has 0 fully saturated rings. The molecule has 19 heavy (non-hydrogen) atoms. The van der Waals surface area contributed by atoms with E-state index in [-0.39, 0.29) is 5.78 Å². The number of fused-ring (bicyclic) bond motifs is 1. The van der Waals surface area contributed by atoms with Gasteiger partial charge < -0.3 is 4.74 Å². The summed E-state index contributed by atoms with van der Waals surface area (Å²) in [6.07, 6.45) is 0.866. The zero-order valence-electron chi connectivity index (χ0n) is 10.6. The topological polar surface area (TPSA) is 26.3 Å². The molecule has 0 aromatic heterocycles. The zero-order chi connectivity index (χ0) is 13.4. The van der Waals surface area contributed by atoms with E-state index in [0.717, 1.165) is 23.3 Å². The molecule has 0 saturated carbocycles. The Balaban J connectivity index is 1.99. The molecule has 0 atom stereocenters. The number of aryl methyl sites for hydroxylation is 1. The van der Waals surface area contributed by atoms with Crippen LogP contribution in [0.5, 0.6) is 5.75 Å². The van der Waals surface area contributed by atoms with Crippen LogP contribution in [0, 0.1) is 6.92 Å². The van der Waals surface area contributed by atoms with Crippen molar-refractivity contribution in [3.05, 3.63) is 63.7 Å². The predicted molar refractivity (Wildman–Crippen MR) is 75.3 cm³/mol. The second-order valence-corrected chi connectivity index (χ2v) is 5.20. The Morgan fingerprint density at radius 1 is 1.16 bits per heavy atom. The van der Waals surface area contributed by atoms with E-state index in [9.17, 15) is 4.79 Å². The molecule has 0 radical (unpaired) electrons. The summed E-state index contributed by atoms with van der Waals surface area (Å²) in [7, 11) is 0. The zero-order valence-corrected chi connectivity index (χ0v) is 11.3. The molecule has 3 rings (SSSR count). The summed E-state index contributed by atoms with van der Waals surface area (Å²) in [5.74, 6) is 0.888. The van der Waals surface area contributed by atoms with E-state index in [4.69, 9.17) is 16.3 Å². The number of halogens is 1. The van der Waals surface area contributed by atoms with Crippen molar-refractivity contribution in [1.29, 1.82) is 0 Å². The molecule has 0 saturated heterocycles. The van der Waals surface area contributed by atoms with E-state index in [1.165, 1.54) is 0 Å². The fraction of sp³-hybridized carbons (Fsp3) is 0.188. The van der Waals surface area contributed by atoms with Gasteiger partial charge in [-0.1, -0.05) is 11.6 Å². The molecule has 3 heteroatoms. The highest BCUT2D eigenvalue weighted by molar-refractivity contribution is 6.31. The van der Waals surface area contributed by atoms with Gasteiger partial charge >= 0.3 is 0 Å². The molecule has 1 aliphatic heterocycles. The van der Waals surface area contributed by atoms with Crippen LogP contribution in [0.4, 0.5) is 0 Å². The van der Waals surface area contributed by atoms with Gasteiger partial charge in [-0.25, -0.2) is 0 Å². The average molecular weight is 273 g/mol. The fourth-order valence-electron chi connectivity index (χ4n) is 2.36. The Hall–Kier alpha value is -1.80. The Kier molecular flexibility index (Phi) is 3.03. The van der Waals surface area contributed by atoms with E-state index >= 15 is 0 Å². The molecule has 2 aromatic rings. The summed E-state index contributed by atoms with van der Waals surface area (Å²) in [6, 6.07) is 11.0. The molecule has 0 amide bonds. The first-order chi connectivity index (χ1) is 9.13. The maximum atomic E-state index is 12.5. The van der Waals surface area contributed by atoms with Gasteiger partial charge in [0, 0.05) is 22.6 Å². The number of ketones is 1. The first kappa shape index (κ1) is 12.2. The fourth-order valence-corrected chi connectivity index (χ4v) is 2.65. The summed E-state index contributed by atoms with van der Waals surface area (Å²) in [5.41, 5.74) is 3.40. The quantitative estimate of drug-likeness (QED) is 0.777. The Labute approximate surface area is 117 Å². The van der Waals surface area contributed by atoms with E-state index in [0.29, 0.717) is 22.8 Å². The van der Waals surface area contributed by atoms with Gasteiger partial charge in [-0.3, -0.25) is 4.79 Å². The SMILES string of the molecule is Cc1cc(Cl)cc(C(=O)c2ccc3c(c2)CCO3)c1. The number of hydrogen-bond acceptors (Lipinski definition) is 2. The third kappa shape index (κ3) is 2.36. The van der Waals surface area contributed by atoms with Gasteiger partial charge in [0.25, 0.3) is 0 Å². The van der Waals surface area contributed by atoms with Crippen LogP contribution in [0.25, 0.3) is 0 Å². The Morgan fingerprint density at radius 3 is 2.79 bits per heavy atom. The van der Waals surface area contributed by atoms with Gasteiger partial charge in [0.05, 0.1) is 6.61 Å². The maximum Gasteiger partial charge on any atom is 0.193 e. The third-order valence-corrected chi connectivity index (χ3v) is 3.47. The van der Waals surface area contributed by atoms with E-state index < -0.39 is 0 Å². The number of carbonyl (C=O) groups is 1. The lowest BCUT2D eigenvalue weighted by molar-refractivity contribution is 0.103. The van der Waals surface area contributed by atoms with Crippen LogP contribution in [-0.4, -0.2) is 12.4 Å². The van der Waals surface area contributed by atoms with E-state index in [2.05, 4.69) is 0 Å². The lowest BCUT2D eigenvalue weighted by Crippen LogP contribution is -2.02. The molecule has 2 nitrogen and oxygen atoms in total. The van der Waals surface area contributed by atoms with Crippen molar-refractivity contribution in [3.8, 4) is 5.75 Å². The van der Waals surface area contributed by atoms with E-state index in [1.54, 1.807) is 6.07 Å². The first-order valence-corrected chi connectivity index (χ1v) is 6.59. The first-order valence-electron chi connectivity index (χ1n) is 6.21. The Bertz CT molecular complexity index is 642. The maximum absolute atomic E-state index is 12.5. The largest absolute Gasteiger partial charge is 0.493 e. The van der Waals surface area contributed by atoms with Crippen molar-refractivity contribution in [2.24, 2.45) is 0 Å². The standard InChI is InChI=1S/C16H13ClO2/c1-10-6-13(9-14(17)7-10)16(18)12-2-3-15-11(8-12)4-5-19-15/h2-3,6-9H,4-5H2,1H3. The molecular formula is C16H13ClO2. The minimum atomic E-state index is 0.000278. The molecule has 0 unspecified atom stereocenters. The summed E-state index contributed by atoms with van der Waals surface area (Å²) >= 11 is 6.00. The molecule has 0 bridgehead atoms. The molecule has 1 aliphatic rings. The van der Waals surface area contributed by atoms with Crippen LogP contribution in [0.15, 0.2) is 36.4 Å². The van der Waals surface area contributed by atoms with Crippen LogP contribution in [-0.2, 0) is 6.42 Å². The van der Waals surface area contributed by atoms with Gasteiger partial charge in [-0.15, -0.1) is 0 Å². The molecule has 0 spiro atoms. The number of benzene rings is 2. The second-order valence-electron chi connectivity index (χ2n) is 4.77. The minimum Gasteiger partial charge on any atom is -0.493 e. The number of carbonyl (C=O) groups excluding carboxylic acids is 1. The normalized spacial score (nSPS) is 12.9. The average Bonchev–Trinajstić information content (AvgIpc) is 2.83. The van der Waals surface area contributed by atoms with Gasteiger partial charge in [-0.05, 0) is 54.4 Å². The summed E-state index contributed by atoms with van der Waals surface area (Å²) in [5, 5.41) is 0.591. The smallest absolute Gasteiger partial charge is 0.193 e. The third-order valence-electron chi connectivity index (χ3n) is 3.26. The summed E-state index contributed by atoms with van der Waals surface area (Å²) in [4.78, 5) is 12.5. The van der Waals surface area contributed by atoms with Crippen molar-refractivity contribution in [2.45, 2.75) is 13.3 Å². The van der Waals surface area contributed by atoms with Crippen molar-refractivity contribution < 1.29 is 9.53 Å². The van der Waals surface area contributed by atoms with Crippen LogP contribution in [0.1, 0.15) is 27.0 Å². The van der Waals surface area contributed by atoms with Crippen LogP contribution >= 0.6 is 11.6 Å². The number of rotatable bonds is 2. The van der Waals surface area contributed by atoms with Crippen LogP contribution < -0.4 is 4.74 Å². The van der Waals surface area contributed by atoms with Crippen LogP contribution in [0.2, 0.25) is 5.02 Å². The molecule has 0 aliphatic carbocycles. The van der Waals surface area contributed by atoms with Gasteiger partial charge in [-0.2, -0.15) is 0 Å². The molecule has 96 valence electrons. The lowest BCUT2D eigenvalue weighted by atomic mass is 9.99. The van der Waals surface area contributed by atoms with Crippen molar-refractivity contribution in [3.63, 3.8) is 0 Å². The highest BCUT2D eigenvalue weighted by Crippen LogP contribution is 2.27. The Morgan fingerprint density at radius 2 is 2.00 bits per heavy atom. The van der Waals surface area contributed by atoms with Crippen LogP contribution in [0.3, 0.4) is 0 Å². The molecule has 0 N–H and O–H groups in total. The van der Waals surface area contributed by atoms with Gasteiger partial charge in [0.1, 0.15) is 5.75 Å². The number of ether oxygens (including phenoxy) is 1. The monoisotopic (exact) mass is 272 g/mol. The highest BCUT2D eigenvalue weighted by Gasteiger charge is 2.16. The van der Waals surface area contributed by atoms with E-state index in [1.807, 2.05) is 37.3 Å². The summed E-state index contributed by atoms with van der Waals surface area (Å²) in [6.45, 7) is 2.63. The second kappa shape index (κ2) is 4.71. The molecule has 2 aromatic carbocycles. The van der Waals surface area contributed by atoms with Crippen molar-refractivity contribution in [2.75, 3.05) is 6.61 Å². The van der Waals surface area contributed by atoms with Crippen molar-refractivity contribution >= 4 is 17.4 Å². The lowest BCUT2D eigenvalue weighted by Gasteiger charge is -2.05. The van der Waals surface area contributed by atoms with Gasteiger partial charge in [0.2, 0.25) is 0 Å². The summed E-state index contributed by atoms with van der Waals surface area (Å²) < 4.78 is 5.44. The minimum absolute atomic E-state index is 0.000278. The molecular weight excluding hydrogens is 260 g/mol. The van der Waals surface area contributed by atoms with Crippen molar-refractivity contribution in [1.82, 2.24) is 0 Å². The molecule has 1 heterocycles.